The van der Waals surface area contributed by atoms with Crippen molar-refractivity contribution in [2.24, 2.45) is 0 Å². The van der Waals surface area contributed by atoms with E-state index in [1.807, 2.05) is 113 Å². The predicted octanol–water partition coefficient (Wildman–Crippen LogP) is 8.19. The number of fused-ring (bicyclic) bond motifs is 1. The minimum atomic E-state index is -0.0802. The van der Waals surface area contributed by atoms with E-state index in [1.54, 1.807) is 12.3 Å². The molecule has 0 saturated carbocycles. The van der Waals surface area contributed by atoms with Crippen LogP contribution in [0.15, 0.2) is 91.2 Å². The number of hydrogen-bond donors (Lipinski definition) is 2. The van der Waals surface area contributed by atoms with E-state index in [9.17, 15) is 9.90 Å². The fraction of sp³-hybridized carbons (Fsp3) is 0.200. The molecule has 222 valence electrons. The Morgan fingerprint density at radius 3 is 2.37 bits per heavy atom. The fourth-order valence-electron chi connectivity index (χ4n) is 4.28. The van der Waals surface area contributed by atoms with Gasteiger partial charge in [0.05, 0.1) is 16.8 Å². The Balaban J connectivity index is 0.00000121. The number of phenols is 1. The zero-order valence-electron chi connectivity index (χ0n) is 25.6. The third-order valence-corrected chi connectivity index (χ3v) is 6.26. The second-order valence-electron chi connectivity index (χ2n) is 8.78. The third kappa shape index (κ3) is 7.35. The first kappa shape index (κ1) is 32.3. The average molecular weight is 578 g/mol. The number of imidazole rings is 1. The van der Waals surface area contributed by atoms with Crippen LogP contribution in [0.2, 0.25) is 0 Å². The maximum absolute atomic E-state index is 11.1. The molecule has 3 heterocycles. The molecular weight excluding hydrogens is 538 g/mol. The van der Waals surface area contributed by atoms with Gasteiger partial charge in [0.1, 0.15) is 29.4 Å². The summed E-state index contributed by atoms with van der Waals surface area (Å²) in [4.78, 5) is 25.2. The molecule has 3 aromatic heterocycles. The van der Waals surface area contributed by atoms with E-state index in [4.69, 9.17) is 20.4 Å². The average Bonchev–Trinajstić information content (AvgIpc) is 3.44. The lowest BCUT2D eigenvalue weighted by Gasteiger charge is -2.12. The number of carbonyl (C=O) groups is 1. The molecule has 43 heavy (non-hydrogen) atoms. The van der Waals surface area contributed by atoms with Crippen LogP contribution in [0, 0.1) is 0 Å². The molecule has 5 rings (SSSR count). The highest BCUT2D eigenvalue weighted by molar-refractivity contribution is 5.85. The first-order chi connectivity index (χ1) is 21.0. The molecule has 8 nitrogen and oxygen atoms in total. The van der Waals surface area contributed by atoms with E-state index < -0.39 is 0 Å². The molecule has 0 bridgehead atoms. The molecule has 0 saturated heterocycles. The number of anilines is 1. The van der Waals surface area contributed by atoms with Gasteiger partial charge in [-0.15, -0.1) is 0 Å². The van der Waals surface area contributed by atoms with Crippen LogP contribution in [0.1, 0.15) is 63.2 Å². The van der Waals surface area contributed by atoms with Gasteiger partial charge in [-0.1, -0.05) is 58.1 Å². The third-order valence-electron chi connectivity index (χ3n) is 6.26. The van der Waals surface area contributed by atoms with Crippen molar-refractivity contribution < 1.29 is 14.6 Å². The number of nitrogens with two attached hydrogens (primary N) is 1. The minimum Gasteiger partial charge on any atom is -0.507 e. The Morgan fingerprint density at radius 2 is 1.72 bits per heavy atom. The van der Waals surface area contributed by atoms with Gasteiger partial charge >= 0.3 is 0 Å². The lowest BCUT2D eigenvalue weighted by Crippen LogP contribution is -2.03. The Labute approximate surface area is 253 Å². The zero-order chi connectivity index (χ0) is 31.4. The molecule has 5 aromatic rings. The molecule has 0 spiro atoms. The summed E-state index contributed by atoms with van der Waals surface area (Å²) in [6.45, 7) is 12.2. The number of aromatic hydroxyl groups is 1. The molecule has 0 radical (unpaired) electrons. The number of aldehydes is 1. The number of nitrogens with zero attached hydrogens (tertiary/aromatic N) is 4. The molecule has 0 aliphatic heterocycles. The van der Waals surface area contributed by atoms with Gasteiger partial charge < -0.3 is 15.6 Å². The molecule has 0 amide bonds. The number of ether oxygens (including phenoxy) is 1. The Hall–Kier alpha value is -5.24. The second kappa shape index (κ2) is 15.7. The number of nitrogen functional groups attached to an aromatic ring is 1. The summed E-state index contributed by atoms with van der Waals surface area (Å²) < 4.78 is 7.82. The smallest absolute Gasteiger partial charge is 0.165 e. The summed E-state index contributed by atoms with van der Waals surface area (Å²) in [5, 5.41) is 9.71. The normalized spacial score (nSPS) is 11.0. The van der Waals surface area contributed by atoms with Gasteiger partial charge in [-0.25, -0.2) is 15.0 Å². The van der Waals surface area contributed by atoms with Crippen molar-refractivity contribution in [3.05, 3.63) is 108 Å². The summed E-state index contributed by atoms with van der Waals surface area (Å²) in [7, 11) is 0. The van der Waals surface area contributed by atoms with Crippen LogP contribution in [0.25, 0.3) is 33.8 Å². The maximum atomic E-state index is 11.1. The zero-order valence-corrected chi connectivity index (χ0v) is 25.6. The van der Waals surface area contributed by atoms with Crippen LogP contribution in [-0.4, -0.2) is 30.9 Å². The standard InChI is InChI=1S/C31H27N5O3.2C2H6/c1-3-6-21(4-2)26-13-14-27-31(34-26)36(30(35-27)25-7-5-16-33-29(25)32)23-10-8-20(9-11-23)19-39-24-12-15-28(38)22(17-24)18-37;2*1-2/h3-18,38H,19H2,1-2H3,(H2,32,33);2*1-2H3/b6-3-,21-4+;;. The van der Waals surface area contributed by atoms with Crippen LogP contribution in [0.5, 0.6) is 11.5 Å². The molecular formula is C35H39N5O3. The van der Waals surface area contributed by atoms with Gasteiger partial charge in [-0.2, -0.15) is 0 Å². The van der Waals surface area contributed by atoms with Gasteiger partial charge in [0.2, 0.25) is 0 Å². The topological polar surface area (TPSA) is 116 Å². The summed E-state index contributed by atoms with van der Waals surface area (Å²) >= 11 is 0. The van der Waals surface area contributed by atoms with E-state index in [2.05, 4.69) is 4.98 Å². The summed E-state index contributed by atoms with van der Waals surface area (Å²) in [6, 6.07) is 20.1. The summed E-state index contributed by atoms with van der Waals surface area (Å²) in [6.07, 6.45) is 8.28. The Kier molecular flexibility index (Phi) is 11.8. The van der Waals surface area contributed by atoms with Crippen LogP contribution in [0.4, 0.5) is 5.82 Å². The lowest BCUT2D eigenvalue weighted by atomic mass is 10.1. The number of benzene rings is 2. The van der Waals surface area contributed by atoms with Gasteiger partial charge in [0, 0.05) is 11.9 Å². The highest BCUT2D eigenvalue weighted by Crippen LogP contribution is 2.31. The van der Waals surface area contributed by atoms with Crippen molar-refractivity contribution in [1.82, 2.24) is 19.5 Å². The fourth-order valence-corrected chi connectivity index (χ4v) is 4.28. The van der Waals surface area contributed by atoms with Gasteiger partial charge in [-0.3, -0.25) is 9.36 Å². The predicted molar refractivity (Wildman–Crippen MR) is 175 cm³/mol. The number of hydrogen-bond acceptors (Lipinski definition) is 7. The van der Waals surface area contributed by atoms with Gasteiger partial charge in [0.15, 0.2) is 17.8 Å². The van der Waals surface area contributed by atoms with Crippen molar-refractivity contribution >= 4 is 28.8 Å². The van der Waals surface area contributed by atoms with E-state index >= 15 is 0 Å². The highest BCUT2D eigenvalue weighted by atomic mass is 16.5. The number of allylic oxidation sites excluding steroid dienone is 4. The molecule has 2 aromatic carbocycles. The van der Waals surface area contributed by atoms with E-state index in [1.165, 1.54) is 12.1 Å². The van der Waals surface area contributed by atoms with Crippen molar-refractivity contribution in [3.63, 3.8) is 0 Å². The molecule has 0 aliphatic carbocycles. The first-order valence-corrected chi connectivity index (χ1v) is 14.4. The number of rotatable bonds is 8. The summed E-state index contributed by atoms with van der Waals surface area (Å²) in [5.74, 6) is 1.43. The lowest BCUT2D eigenvalue weighted by molar-refractivity contribution is 0.112. The maximum Gasteiger partial charge on any atom is 0.165 e. The molecule has 0 unspecified atom stereocenters. The molecule has 0 fully saturated rings. The van der Waals surface area contributed by atoms with Crippen LogP contribution < -0.4 is 10.5 Å². The largest absolute Gasteiger partial charge is 0.507 e. The van der Waals surface area contributed by atoms with Crippen molar-refractivity contribution in [3.8, 4) is 28.6 Å². The van der Waals surface area contributed by atoms with Crippen molar-refractivity contribution in [2.45, 2.75) is 48.1 Å². The number of aromatic nitrogens is 4. The van der Waals surface area contributed by atoms with Crippen LogP contribution in [-0.2, 0) is 6.61 Å². The molecule has 3 N–H and O–H groups in total. The van der Waals surface area contributed by atoms with E-state index in [-0.39, 0.29) is 17.9 Å². The summed E-state index contributed by atoms with van der Waals surface area (Å²) in [5.41, 5.74) is 12.2. The van der Waals surface area contributed by atoms with E-state index in [0.717, 1.165) is 28.0 Å². The van der Waals surface area contributed by atoms with Crippen LogP contribution >= 0.6 is 0 Å². The Morgan fingerprint density at radius 1 is 0.977 bits per heavy atom. The number of carbonyl (C=O) groups excluding carboxylic acids is 1. The first-order valence-electron chi connectivity index (χ1n) is 14.4. The van der Waals surface area contributed by atoms with Gasteiger partial charge in [-0.05, 0) is 79.6 Å². The van der Waals surface area contributed by atoms with Crippen molar-refractivity contribution in [2.75, 3.05) is 5.73 Å². The molecule has 8 heteroatoms. The Bertz CT molecular complexity index is 1720. The molecule has 0 atom stereocenters. The van der Waals surface area contributed by atoms with Crippen molar-refractivity contribution in [1.29, 1.82) is 0 Å². The highest BCUT2D eigenvalue weighted by Gasteiger charge is 2.19. The number of pyridine rings is 2. The number of phenolic OH excluding ortho intramolecular Hbond substituents is 1. The van der Waals surface area contributed by atoms with Crippen LogP contribution in [0.3, 0.4) is 0 Å². The second-order valence-corrected chi connectivity index (χ2v) is 8.78. The SMILES string of the molecule is C/C=C\C(=C/C)c1ccc2nc(-c3cccnc3N)n(-c3ccc(COc4ccc(O)c(C=O)c4)cc3)c2n1.CC.CC. The quantitative estimate of drug-likeness (QED) is 0.141. The van der Waals surface area contributed by atoms with Gasteiger partial charge in [0.25, 0.3) is 0 Å². The monoisotopic (exact) mass is 577 g/mol. The minimum absolute atomic E-state index is 0.0802. The molecule has 0 aliphatic rings. The van der Waals surface area contributed by atoms with E-state index in [0.29, 0.717) is 34.9 Å².